The highest BCUT2D eigenvalue weighted by Gasteiger charge is 2.65. The molecule has 0 aliphatic carbocycles. The second kappa shape index (κ2) is 8.84. The number of halogens is 2. The van der Waals surface area contributed by atoms with Gasteiger partial charge in [-0.05, 0) is 52.0 Å². The Bertz CT molecular complexity index is 1350. The lowest BCUT2D eigenvalue weighted by molar-refractivity contribution is -0.139. The molecule has 37 heavy (non-hydrogen) atoms. The van der Waals surface area contributed by atoms with Crippen LogP contribution < -0.4 is 21.1 Å². The van der Waals surface area contributed by atoms with E-state index in [1.54, 1.807) is 26.0 Å². The SMILES string of the molecule is CC(C)OP1(=O)OC[C@H]2OC(n3ccc(NC(=O)c4ccc5c(c4)NC(C)(C)O5)nc3=O)C(F)(F)[C@@H]2O1. The van der Waals surface area contributed by atoms with Crippen molar-refractivity contribution in [2.24, 2.45) is 0 Å². The van der Waals surface area contributed by atoms with Gasteiger partial charge >= 0.3 is 19.4 Å². The number of phosphoric ester groups is 1. The number of ether oxygens (including phenoxy) is 2. The minimum Gasteiger partial charge on any atom is -0.467 e. The summed E-state index contributed by atoms with van der Waals surface area (Å²) in [6.07, 6.45) is -4.95. The number of nitrogens with one attached hydrogen (secondary N) is 2. The van der Waals surface area contributed by atoms with Crippen LogP contribution in [-0.2, 0) is 22.9 Å². The Hall–Kier alpha value is -2.90. The summed E-state index contributed by atoms with van der Waals surface area (Å²) >= 11 is 0. The summed E-state index contributed by atoms with van der Waals surface area (Å²) in [5, 5.41) is 5.59. The quantitative estimate of drug-likeness (QED) is 0.540. The molecule has 4 atom stereocenters. The van der Waals surface area contributed by atoms with Gasteiger partial charge in [-0.2, -0.15) is 13.8 Å². The molecule has 1 amide bonds. The Kier molecular flexibility index (Phi) is 6.15. The fraction of sp³-hybridized carbons (Fsp3) is 0.500. The molecule has 1 aromatic heterocycles. The number of carbonyl (C=O) groups excluding carboxylic acids is 1. The Morgan fingerprint density at radius 1 is 1.32 bits per heavy atom. The standard InChI is InChI=1S/C22H25F2N4O8P/c1-11(2)35-37(31)32-10-15-17(36-37)22(23,24)19(33-15)28-8-7-16(26-20(28)30)25-18(29)12-5-6-14-13(9-12)27-21(3,4)34-14/h5-9,11,15,17,19,27H,10H2,1-4H3,(H,25,26,29,30)/t15-,17-,19?,37?/m1/s1. The lowest BCUT2D eigenvalue weighted by atomic mass is 10.1. The van der Waals surface area contributed by atoms with E-state index in [-0.39, 0.29) is 11.4 Å². The second-order valence-electron chi connectivity index (χ2n) is 9.53. The molecule has 0 bridgehead atoms. The monoisotopic (exact) mass is 542 g/mol. The minimum atomic E-state index is -4.24. The van der Waals surface area contributed by atoms with E-state index in [0.29, 0.717) is 16.0 Å². The first-order valence-electron chi connectivity index (χ1n) is 11.4. The van der Waals surface area contributed by atoms with Gasteiger partial charge in [-0.3, -0.25) is 22.9 Å². The zero-order valence-electron chi connectivity index (χ0n) is 20.3. The number of hydrogen-bond acceptors (Lipinski definition) is 10. The zero-order chi connectivity index (χ0) is 26.8. The Labute approximate surface area is 209 Å². The topological polar surface area (TPSA) is 139 Å². The van der Waals surface area contributed by atoms with E-state index in [1.165, 1.54) is 12.1 Å². The van der Waals surface area contributed by atoms with Gasteiger partial charge in [-0.25, -0.2) is 9.36 Å². The van der Waals surface area contributed by atoms with Crippen LogP contribution in [0, 0.1) is 0 Å². The number of benzene rings is 1. The number of amides is 1. The molecular weight excluding hydrogens is 517 g/mol. The Balaban J connectivity index is 1.32. The molecule has 0 radical (unpaired) electrons. The number of alkyl halides is 2. The number of anilines is 2. The van der Waals surface area contributed by atoms with Crippen molar-refractivity contribution in [3.63, 3.8) is 0 Å². The molecule has 12 nitrogen and oxygen atoms in total. The maximum Gasteiger partial charge on any atom is 0.475 e. The number of phosphoric acid groups is 1. The van der Waals surface area contributed by atoms with Gasteiger partial charge in [0.2, 0.25) is 6.23 Å². The van der Waals surface area contributed by atoms with Crippen LogP contribution in [0.4, 0.5) is 20.3 Å². The van der Waals surface area contributed by atoms with Gasteiger partial charge in [-0.15, -0.1) is 0 Å². The van der Waals surface area contributed by atoms with Gasteiger partial charge in [0.1, 0.15) is 17.7 Å². The summed E-state index contributed by atoms with van der Waals surface area (Å²) in [5.41, 5.74) is -0.841. The third-order valence-electron chi connectivity index (χ3n) is 5.70. The summed E-state index contributed by atoms with van der Waals surface area (Å²) in [5.74, 6) is -3.90. The van der Waals surface area contributed by atoms with Gasteiger partial charge in [0.25, 0.3) is 5.91 Å². The number of hydrogen-bond donors (Lipinski definition) is 2. The van der Waals surface area contributed by atoms with Crippen LogP contribution in [0.1, 0.15) is 44.3 Å². The molecule has 2 fully saturated rings. The lowest BCUT2D eigenvalue weighted by Crippen LogP contribution is -2.45. The summed E-state index contributed by atoms with van der Waals surface area (Å²) in [6, 6.07) is 5.94. The molecule has 15 heteroatoms. The first-order chi connectivity index (χ1) is 17.3. The molecule has 5 rings (SSSR count). The molecule has 2 unspecified atom stereocenters. The van der Waals surface area contributed by atoms with Gasteiger partial charge < -0.3 is 20.1 Å². The highest BCUT2D eigenvalue weighted by molar-refractivity contribution is 7.48. The van der Waals surface area contributed by atoms with Crippen LogP contribution in [0.25, 0.3) is 0 Å². The molecule has 2 saturated heterocycles. The highest BCUT2D eigenvalue weighted by Crippen LogP contribution is 2.60. The molecule has 2 N–H and O–H groups in total. The van der Waals surface area contributed by atoms with Crippen LogP contribution in [-0.4, -0.2) is 52.0 Å². The fourth-order valence-electron chi connectivity index (χ4n) is 4.21. The Morgan fingerprint density at radius 2 is 2.08 bits per heavy atom. The fourth-order valence-corrected chi connectivity index (χ4v) is 5.78. The van der Waals surface area contributed by atoms with Crippen molar-refractivity contribution in [3.8, 4) is 5.75 Å². The van der Waals surface area contributed by atoms with Crippen molar-refractivity contribution < 1.29 is 41.2 Å². The first kappa shape index (κ1) is 25.7. The van der Waals surface area contributed by atoms with Gasteiger partial charge in [0, 0.05) is 11.8 Å². The molecular formula is C22H25F2N4O8P. The summed E-state index contributed by atoms with van der Waals surface area (Å²) in [6.45, 7) is 6.28. The minimum absolute atomic E-state index is 0.149. The molecule has 0 spiro atoms. The number of aromatic nitrogens is 2. The van der Waals surface area contributed by atoms with Crippen molar-refractivity contribution >= 4 is 25.2 Å². The van der Waals surface area contributed by atoms with Gasteiger partial charge in [0.05, 0.1) is 18.4 Å². The summed E-state index contributed by atoms with van der Waals surface area (Å²) in [7, 11) is -4.24. The molecule has 0 saturated carbocycles. The van der Waals surface area contributed by atoms with E-state index in [0.717, 1.165) is 6.20 Å². The van der Waals surface area contributed by atoms with Crippen molar-refractivity contribution in [1.82, 2.24) is 9.55 Å². The predicted molar refractivity (Wildman–Crippen MR) is 125 cm³/mol. The van der Waals surface area contributed by atoms with E-state index in [4.69, 9.17) is 23.0 Å². The smallest absolute Gasteiger partial charge is 0.467 e. The van der Waals surface area contributed by atoms with E-state index in [1.807, 2.05) is 13.8 Å². The molecule has 1 aromatic carbocycles. The maximum absolute atomic E-state index is 15.2. The maximum atomic E-state index is 15.2. The molecule has 2 aromatic rings. The van der Waals surface area contributed by atoms with E-state index >= 15 is 8.78 Å². The Morgan fingerprint density at radius 3 is 2.78 bits per heavy atom. The highest BCUT2D eigenvalue weighted by atomic mass is 31.2. The zero-order valence-corrected chi connectivity index (χ0v) is 21.2. The van der Waals surface area contributed by atoms with Crippen LogP contribution in [0.2, 0.25) is 0 Å². The van der Waals surface area contributed by atoms with Gasteiger partial charge in [-0.1, -0.05) is 0 Å². The predicted octanol–water partition coefficient (Wildman–Crippen LogP) is 3.52. The van der Waals surface area contributed by atoms with Crippen molar-refractivity contribution in [3.05, 3.63) is 46.5 Å². The largest absolute Gasteiger partial charge is 0.475 e. The molecule has 200 valence electrons. The third-order valence-corrected chi connectivity index (χ3v) is 7.33. The summed E-state index contributed by atoms with van der Waals surface area (Å²) in [4.78, 5) is 29.0. The van der Waals surface area contributed by atoms with Crippen LogP contribution >= 0.6 is 7.82 Å². The number of nitrogens with zero attached hydrogens (tertiary/aromatic N) is 2. The van der Waals surface area contributed by atoms with Crippen LogP contribution in [0.5, 0.6) is 5.75 Å². The molecule has 3 aliphatic heterocycles. The van der Waals surface area contributed by atoms with E-state index < -0.39 is 62.2 Å². The average Bonchev–Trinajstić information content (AvgIpc) is 3.23. The normalized spacial score (nSPS) is 29.2. The van der Waals surface area contributed by atoms with Crippen molar-refractivity contribution in [2.75, 3.05) is 17.2 Å². The number of rotatable bonds is 5. The second-order valence-corrected chi connectivity index (χ2v) is 11.1. The van der Waals surface area contributed by atoms with E-state index in [2.05, 4.69) is 15.6 Å². The molecule has 4 heterocycles. The van der Waals surface area contributed by atoms with Crippen molar-refractivity contribution in [1.29, 1.82) is 0 Å². The summed E-state index contributed by atoms with van der Waals surface area (Å²) < 4.78 is 69.7. The van der Waals surface area contributed by atoms with Gasteiger partial charge in [0.15, 0.2) is 11.8 Å². The van der Waals surface area contributed by atoms with Crippen LogP contribution in [0.15, 0.2) is 35.3 Å². The first-order valence-corrected chi connectivity index (χ1v) is 12.9. The molecule has 3 aliphatic rings. The number of carbonyl (C=O) groups is 1. The van der Waals surface area contributed by atoms with Crippen LogP contribution in [0.3, 0.4) is 0 Å². The average molecular weight is 542 g/mol. The lowest BCUT2D eigenvalue weighted by Gasteiger charge is -2.32. The third kappa shape index (κ3) is 4.87. The number of fused-ring (bicyclic) bond motifs is 2. The van der Waals surface area contributed by atoms with E-state index in [9.17, 15) is 14.2 Å². The van der Waals surface area contributed by atoms with Crippen molar-refractivity contribution in [2.45, 2.75) is 63.9 Å².